The van der Waals surface area contributed by atoms with E-state index >= 15 is 0 Å². The lowest BCUT2D eigenvalue weighted by molar-refractivity contribution is 0.186. The van der Waals surface area contributed by atoms with Crippen molar-refractivity contribution in [2.24, 2.45) is 0 Å². The molecule has 0 aromatic heterocycles. The molecule has 1 aliphatic rings. The van der Waals surface area contributed by atoms with Crippen molar-refractivity contribution in [1.82, 2.24) is 4.31 Å². The van der Waals surface area contributed by atoms with E-state index < -0.39 is 10.0 Å². The Morgan fingerprint density at radius 2 is 2.05 bits per heavy atom. The first-order valence-electron chi connectivity index (χ1n) is 7.00. The van der Waals surface area contributed by atoms with E-state index in [2.05, 4.69) is 5.32 Å². The van der Waals surface area contributed by atoms with Gasteiger partial charge >= 0.3 is 0 Å². The molecule has 0 radical (unpaired) electrons. The molecule has 2 rings (SSSR count). The number of sulfonamides is 1. The van der Waals surface area contributed by atoms with Crippen LogP contribution in [-0.2, 0) is 10.0 Å². The fourth-order valence-electron chi connectivity index (χ4n) is 2.67. The molecule has 0 saturated carbocycles. The molecule has 1 aromatic carbocycles. The minimum Gasteiger partial charge on any atom is -0.395 e. The summed E-state index contributed by atoms with van der Waals surface area (Å²) in [5.74, 6) is 0. The van der Waals surface area contributed by atoms with Gasteiger partial charge in [0.05, 0.1) is 12.3 Å². The van der Waals surface area contributed by atoms with Crippen molar-refractivity contribution < 1.29 is 13.5 Å². The Bertz CT molecular complexity index is 545. The van der Waals surface area contributed by atoms with Crippen molar-refractivity contribution in [2.75, 3.05) is 25.5 Å². The molecule has 1 unspecified atom stereocenters. The standard InChI is InChI=1S/C14H22N2O3S/c1-15-13-8-4-5-9-14(13)20(18,19)16-10-6-2-3-7-12(16)11-17/h4-5,8-9,12,15,17H,2-3,6-7,10-11H2,1H3. The van der Waals surface area contributed by atoms with Crippen LogP contribution < -0.4 is 5.32 Å². The predicted molar refractivity (Wildman–Crippen MR) is 79.2 cm³/mol. The van der Waals surface area contributed by atoms with Gasteiger partial charge < -0.3 is 10.4 Å². The zero-order valence-electron chi connectivity index (χ0n) is 11.7. The molecule has 1 saturated heterocycles. The average molecular weight is 298 g/mol. The summed E-state index contributed by atoms with van der Waals surface area (Å²) in [5, 5.41) is 12.4. The highest BCUT2D eigenvalue weighted by molar-refractivity contribution is 7.89. The monoisotopic (exact) mass is 298 g/mol. The molecule has 1 fully saturated rings. The summed E-state index contributed by atoms with van der Waals surface area (Å²) < 4.78 is 27.2. The van der Waals surface area contributed by atoms with Crippen molar-refractivity contribution in [2.45, 2.75) is 36.6 Å². The van der Waals surface area contributed by atoms with E-state index in [1.54, 1.807) is 31.3 Å². The lowest BCUT2D eigenvalue weighted by atomic mass is 10.1. The Morgan fingerprint density at radius 3 is 2.75 bits per heavy atom. The SMILES string of the molecule is CNc1ccccc1S(=O)(=O)N1CCCCCC1CO. The van der Waals surface area contributed by atoms with Gasteiger partial charge in [0, 0.05) is 19.6 Å². The minimum atomic E-state index is -3.58. The van der Waals surface area contributed by atoms with Crippen molar-refractivity contribution in [3.8, 4) is 0 Å². The van der Waals surface area contributed by atoms with Crippen LogP contribution in [0.15, 0.2) is 29.2 Å². The normalized spacial score (nSPS) is 21.4. The van der Waals surface area contributed by atoms with Crippen LogP contribution >= 0.6 is 0 Å². The van der Waals surface area contributed by atoms with Gasteiger partial charge in [-0.2, -0.15) is 4.31 Å². The number of anilines is 1. The molecule has 1 atom stereocenters. The molecular formula is C14H22N2O3S. The zero-order valence-corrected chi connectivity index (χ0v) is 12.6. The van der Waals surface area contributed by atoms with Crippen LogP contribution in [0.1, 0.15) is 25.7 Å². The molecule has 0 bridgehead atoms. The molecule has 0 aliphatic carbocycles. The Labute approximate surface area is 120 Å². The van der Waals surface area contributed by atoms with Crippen molar-refractivity contribution >= 4 is 15.7 Å². The third-order valence-corrected chi connectivity index (χ3v) is 5.79. The maximum absolute atomic E-state index is 12.9. The van der Waals surface area contributed by atoms with Crippen molar-refractivity contribution in [1.29, 1.82) is 0 Å². The third-order valence-electron chi connectivity index (χ3n) is 3.78. The predicted octanol–water partition coefficient (Wildman–Crippen LogP) is 1.65. The third kappa shape index (κ3) is 2.97. The Hall–Kier alpha value is -1.11. The van der Waals surface area contributed by atoms with Crippen LogP contribution in [-0.4, -0.2) is 44.1 Å². The van der Waals surface area contributed by atoms with Gasteiger partial charge in [-0.15, -0.1) is 0 Å². The highest BCUT2D eigenvalue weighted by atomic mass is 32.2. The van der Waals surface area contributed by atoms with E-state index in [1.807, 2.05) is 0 Å². The van der Waals surface area contributed by atoms with Crippen molar-refractivity contribution in [3.63, 3.8) is 0 Å². The molecule has 0 amide bonds. The van der Waals surface area contributed by atoms with Crippen LogP contribution in [0.2, 0.25) is 0 Å². The van der Waals surface area contributed by atoms with Gasteiger partial charge in [0.1, 0.15) is 4.90 Å². The summed E-state index contributed by atoms with van der Waals surface area (Å²) in [5.41, 5.74) is 0.591. The van der Waals surface area contributed by atoms with E-state index in [0.717, 1.165) is 25.7 Å². The van der Waals surface area contributed by atoms with E-state index in [0.29, 0.717) is 12.2 Å². The highest BCUT2D eigenvalue weighted by Crippen LogP contribution is 2.28. The number of nitrogens with zero attached hydrogens (tertiary/aromatic N) is 1. The van der Waals surface area contributed by atoms with Crippen LogP contribution in [0.5, 0.6) is 0 Å². The van der Waals surface area contributed by atoms with Gasteiger partial charge in [0.15, 0.2) is 0 Å². The molecule has 1 aliphatic heterocycles. The maximum Gasteiger partial charge on any atom is 0.245 e. The van der Waals surface area contributed by atoms with Gasteiger partial charge in [-0.05, 0) is 25.0 Å². The molecule has 112 valence electrons. The summed E-state index contributed by atoms with van der Waals surface area (Å²) in [4.78, 5) is 0.280. The number of nitrogens with one attached hydrogen (secondary N) is 1. The van der Waals surface area contributed by atoms with Crippen molar-refractivity contribution in [3.05, 3.63) is 24.3 Å². The molecule has 1 heterocycles. The molecule has 2 N–H and O–H groups in total. The van der Waals surface area contributed by atoms with Gasteiger partial charge in [0.25, 0.3) is 0 Å². The summed E-state index contributed by atoms with van der Waals surface area (Å²) >= 11 is 0. The molecule has 20 heavy (non-hydrogen) atoms. The zero-order chi connectivity index (χ0) is 14.6. The topological polar surface area (TPSA) is 69.6 Å². The first-order valence-corrected chi connectivity index (χ1v) is 8.44. The quantitative estimate of drug-likeness (QED) is 0.887. The number of hydrogen-bond acceptors (Lipinski definition) is 4. The summed E-state index contributed by atoms with van der Waals surface area (Å²) in [6.45, 7) is 0.354. The fourth-order valence-corrected chi connectivity index (χ4v) is 4.56. The van der Waals surface area contributed by atoms with E-state index in [-0.39, 0.29) is 17.5 Å². The van der Waals surface area contributed by atoms with Crippen LogP contribution in [0, 0.1) is 0 Å². The van der Waals surface area contributed by atoms with E-state index in [9.17, 15) is 13.5 Å². The average Bonchev–Trinajstić information content (AvgIpc) is 2.72. The second-order valence-corrected chi connectivity index (χ2v) is 6.91. The first-order chi connectivity index (χ1) is 9.61. The number of para-hydroxylation sites is 1. The van der Waals surface area contributed by atoms with E-state index in [4.69, 9.17) is 0 Å². The molecule has 1 aromatic rings. The fraction of sp³-hybridized carbons (Fsp3) is 0.571. The summed E-state index contributed by atoms with van der Waals surface area (Å²) in [7, 11) is -1.87. The second-order valence-electron chi connectivity index (χ2n) is 5.05. The van der Waals surface area contributed by atoms with Crippen LogP contribution in [0.3, 0.4) is 0 Å². The summed E-state index contributed by atoms with van der Waals surface area (Å²) in [6, 6.07) is 6.57. The Kier molecular flexibility index (Phi) is 5.01. The van der Waals surface area contributed by atoms with E-state index in [1.165, 1.54) is 4.31 Å². The lowest BCUT2D eigenvalue weighted by Gasteiger charge is -2.28. The van der Waals surface area contributed by atoms with Crippen LogP contribution in [0.4, 0.5) is 5.69 Å². The minimum absolute atomic E-state index is 0.124. The van der Waals surface area contributed by atoms with Gasteiger partial charge in [-0.1, -0.05) is 25.0 Å². The molecule has 5 nitrogen and oxygen atoms in total. The Morgan fingerprint density at radius 1 is 1.30 bits per heavy atom. The number of rotatable bonds is 4. The van der Waals surface area contributed by atoms with Crippen LogP contribution in [0.25, 0.3) is 0 Å². The van der Waals surface area contributed by atoms with Gasteiger partial charge in [-0.3, -0.25) is 0 Å². The van der Waals surface area contributed by atoms with Gasteiger partial charge in [0.2, 0.25) is 10.0 Å². The maximum atomic E-state index is 12.9. The smallest absolute Gasteiger partial charge is 0.245 e. The second kappa shape index (κ2) is 6.56. The molecule has 6 heteroatoms. The largest absolute Gasteiger partial charge is 0.395 e. The number of aliphatic hydroxyl groups excluding tert-OH is 1. The Balaban J connectivity index is 2.41. The lowest BCUT2D eigenvalue weighted by Crippen LogP contribution is -2.42. The number of hydrogen-bond donors (Lipinski definition) is 2. The molecule has 0 spiro atoms. The highest BCUT2D eigenvalue weighted by Gasteiger charge is 2.33. The number of benzene rings is 1. The summed E-state index contributed by atoms with van der Waals surface area (Å²) in [6.07, 6.45) is 3.54. The first kappa shape index (κ1) is 15.3. The van der Waals surface area contributed by atoms with Gasteiger partial charge in [-0.25, -0.2) is 8.42 Å². The molecular weight excluding hydrogens is 276 g/mol. The number of aliphatic hydroxyl groups is 1.